The van der Waals surface area contributed by atoms with Crippen LogP contribution in [-0.2, 0) is 20.4 Å². The predicted molar refractivity (Wildman–Crippen MR) is 139 cm³/mol. The van der Waals surface area contributed by atoms with Crippen LogP contribution in [0.4, 0.5) is 19.0 Å². The van der Waals surface area contributed by atoms with Crippen molar-refractivity contribution in [2.45, 2.75) is 45.3 Å². The number of anilines is 1. The number of pyridine rings is 1. The van der Waals surface area contributed by atoms with E-state index in [-0.39, 0.29) is 46.5 Å². The Bertz CT molecular complexity index is 1020. The Balaban J connectivity index is 1.54. The van der Waals surface area contributed by atoms with E-state index in [0.717, 1.165) is 12.5 Å². The molecule has 2 saturated heterocycles. The molecule has 3 fully saturated rings. The number of alkyl halides is 3. The van der Waals surface area contributed by atoms with Crippen molar-refractivity contribution in [1.29, 1.82) is 0 Å². The van der Waals surface area contributed by atoms with Crippen molar-refractivity contribution in [2.75, 3.05) is 71.5 Å². The number of piperidine rings is 1. The summed E-state index contributed by atoms with van der Waals surface area (Å²) in [6.07, 6.45) is -2.65. The molecule has 1 aromatic heterocycles. The number of ether oxygens (including phenoxy) is 2. The topological polar surface area (TPSA) is 96.0 Å². The Morgan fingerprint density at radius 3 is 2.69 bits per heavy atom. The van der Waals surface area contributed by atoms with Gasteiger partial charge in [0.2, 0.25) is 5.91 Å². The molecule has 39 heavy (non-hydrogen) atoms. The fourth-order valence-electron chi connectivity index (χ4n) is 5.77. The highest BCUT2D eigenvalue weighted by Gasteiger charge is 2.60. The third kappa shape index (κ3) is 7.01. The smallest absolute Gasteiger partial charge is 0.385 e. The minimum Gasteiger partial charge on any atom is -0.385 e. The molecule has 3 heterocycles. The van der Waals surface area contributed by atoms with Crippen LogP contribution in [0.2, 0.25) is 0 Å². The number of amides is 2. The molecule has 2 aliphatic heterocycles. The van der Waals surface area contributed by atoms with E-state index in [2.05, 4.69) is 15.6 Å². The molecule has 2 unspecified atom stereocenters. The number of rotatable bonds is 10. The van der Waals surface area contributed by atoms with E-state index in [9.17, 15) is 22.8 Å². The molecule has 218 valence electrons. The molecular formula is C27H40F3N5O4. The molecule has 0 bridgehead atoms. The molecule has 0 aromatic carbocycles. The van der Waals surface area contributed by atoms with Gasteiger partial charge < -0.3 is 29.9 Å². The van der Waals surface area contributed by atoms with Gasteiger partial charge in [-0.25, -0.2) is 4.98 Å². The minimum atomic E-state index is -4.63. The standard InChI is InChI=1S/C27H40F3N5O4/c1-18(2)16-35(22-14-26(22)13-19(15-31-17-26)24(36)34-8-11-39-12-9-34)25(37)20-5-6-21(27(28,29)30)33-23(20)32-7-4-10-38-3/h5-6,18-19,22,31H,4,7-17H2,1-3H3,(H,32,33)/t19-,22?,26?/m1/s1. The molecule has 3 atom stereocenters. The lowest BCUT2D eigenvalue weighted by molar-refractivity contribution is -0.141. The van der Waals surface area contributed by atoms with E-state index < -0.39 is 11.9 Å². The van der Waals surface area contributed by atoms with Crippen molar-refractivity contribution < 1.29 is 32.2 Å². The fraction of sp³-hybridized carbons (Fsp3) is 0.741. The van der Waals surface area contributed by atoms with Crippen LogP contribution in [0.25, 0.3) is 0 Å². The van der Waals surface area contributed by atoms with E-state index in [1.54, 1.807) is 12.0 Å². The van der Waals surface area contributed by atoms with Gasteiger partial charge >= 0.3 is 6.18 Å². The van der Waals surface area contributed by atoms with E-state index in [1.165, 1.54) is 6.07 Å². The van der Waals surface area contributed by atoms with Gasteiger partial charge in [-0.2, -0.15) is 13.2 Å². The van der Waals surface area contributed by atoms with E-state index in [4.69, 9.17) is 9.47 Å². The first-order chi connectivity index (χ1) is 18.6. The number of carbonyl (C=O) groups excluding carboxylic acids is 2. The van der Waals surface area contributed by atoms with Crippen molar-refractivity contribution in [3.05, 3.63) is 23.4 Å². The third-order valence-corrected chi connectivity index (χ3v) is 7.77. The molecule has 2 amide bonds. The molecule has 1 aromatic rings. The summed E-state index contributed by atoms with van der Waals surface area (Å²) in [6.45, 7) is 8.76. The maximum atomic E-state index is 14.0. The Labute approximate surface area is 227 Å². The number of nitrogens with zero attached hydrogens (tertiary/aromatic N) is 3. The molecule has 1 spiro atoms. The van der Waals surface area contributed by atoms with Gasteiger partial charge in [0.1, 0.15) is 11.5 Å². The average Bonchev–Trinajstić information content (AvgIpc) is 3.60. The van der Waals surface area contributed by atoms with Gasteiger partial charge in [0, 0.05) is 64.4 Å². The number of halogens is 3. The number of aromatic nitrogens is 1. The highest BCUT2D eigenvalue weighted by Crippen LogP contribution is 2.55. The fourth-order valence-corrected chi connectivity index (χ4v) is 5.77. The van der Waals surface area contributed by atoms with Crippen molar-refractivity contribution >= 4 is 17.6 Å². The summed E-state index contributed by atoms with van der Waals surface area (Å²) in [5, 5.41) is 6.35. The summed E-state index contributed by atoms with van der Waals surface area (Å²) >= 11 is 0. The first kappa shape index (κ1) is 29.5. The molecule has 3 aliphatic rings. The van der Waals surface area contributed by atoms with Gasteiger partial charge in [-0.15, -0.1) is 0 Å². The van der Waals surface area contributed by atoms with Crippen LogP contribution in [0.3, 0.4) is 0 Å². The van der Waals surface area contributed by atoms with E-state index in [0.29, 0.717) is 71.9 Å². The second-order valence-corrected chi connectivity index (χ2v) is 11.3. The Kier molecular flexibility index (Phi) is 9.38. The molecule has 2 N–H and O–H groups in total. The first-order valence-corrected chi connectivity index (χ1v) is 13.7. The zero-order valence-electron chi connectivity index (χ0n) is 23.0. The molecule has 1 aliphatic carbocycles. The lowest BCUT2D eigenvalue weighted by Gasteiger charge is -2.37. The molecule has 9 nitrogen and oxygen atoms in total. The number of methoxy groups -OCH3 is 1. The summed E-state index contributed by atoms with van der Waals surface area (Å²) < 4.78 is 50.7. The van der Waals surface area contributed by atoms with Crippen LogP contribution in [0.5, 0.6) is 0 Å². The van der Waals surface area contributed by atoms with Crippen molar-refractivity contribution in [3.8, 4) is 0 Å². The van der Waals surface area contributed by atoms with Crippen LogP contribution >= 0.6 is 0 Å². The quantitative estimate of drug-likeness (QED) is 0.429. The maximum Gasteiger partial charge on any atom is 0.433 e. The Morgan fingerprint density at radius 2 is 2.03 bits per heavy atom. The zero-order valence-corrected chi connectivity index (χ0v) is 23.0. The van der Waals surface area contributed by atoms with E-state index >= 15 is 0 Å². The third-order valence-electron chi connectivity index (χ3n) is 7.77. The summed E-state index contributed by atoms with van der Waals surface area (Å²) in [4.78, 5) is 34.6. The largest absolute Gasteiger partial charge is 0.433 e. The van der Waals surface area contributed by atoms with Crippen LogP contribution in [-0.4, -0.2) is 98.8 Å². The summed E-state index contributed by atoms with van der Waals surface area (Å²) in [5.41, 5.74) is -1.17. The molecule has 4 rings (SSSR count). The van der Waals surface area contributed by atoms with Crippen LogP contribution in [0.15, 0.2) is 12.1 Å². The molecule has 0 radical (unpaired) electrons. The lowest BCUT2D eigenvalue weighted by atomic mass is 9.86. The monoisotopic (exact) mass is 555 g/mol. The highest BCUT2D eigenvalue weighted by molar-refractivity contribution is 5.99. The molecule has 12 heteroatoms. The second-order valence-electron chi connectivity index (χ2n) is 11.3. The SMILES string of the molecule is COCCCNc1nc(C(F)(F)F)ccc1C(=O)N(CC(C)C)C1CC12CNC[C@H](C(=O)N1CCOCC1)C2. The molecule has 1 saturated carbocycles. The van der Waals surface area contributed by atoms with Crippen molar-refractivity contribution in [1.82, 2.24) is 20.1 Å². The predicted octanol–water partition coefficient (Wildman–Crippen LogP) is 2.87. The van der Waals surface area contributed by atoms with Gasteiger partial charge in [0.05, 0.1) is 24.7 Å². The first-order valence-electron chi connectivity index (χ1n) is 13.7. The van der Waals surface area contributed by atoms with Gasteiger partial charge in [-0.1, -0.05) is 13.8 Å². The zero-order chi connectivity index (χ0) is 28.2. The summed E-state index contributed by atoms with van der Waals surface area (Å²) in [7, 11) is 1.55. The van der Waals surface area contributed by atoms with Crippen LogP contribution in [0, 0.1) is 17.3 Å². The van der Waals surface area contributed by atoms with Gasteiger partial charge in [-0.3, -0.25) is 9.59 Å². The van der Waals surface area contributed by atoms with Crippen LogP contribution < -0.4 is 10.6 Å². The Morgan fingerprint density at radius 1 is 1.28 bits per heavy atom. The second kappa shape index (κ2) is 12.4. The van der Waals surface area contributed by atoms with Crippen molar-refractivity contribution in [2.24, 2.45) is 17.3 Å². The number of hydrogen-bond donors (Lipinski definition) is 2. The maximum absolute atomic E-state index is 14.0. The van der Waals surface area contributed by atoms with Crippen molar-refractivity contribution in [3.63, 3.8) is 0 Å². The highest BCUT2D eigenvalue weighted by atomic mass is 19.4. The summed E-state index contributed by atoms with van der Waals surface area (Å²) in [6, 6.07) is 1.98. The number of morpholine rings is 1. The summed E-state index contributed by atoms with van der Waals surface area (Å²) in [5.74, 6) is -0.330. The normalized spacial score (nSPS) is 25.2. The van der Waals surface area contributed by atoms with E-state index in [1.807, 2.05) is 18.7 Å². The number of carbonyl (C=O) groups is 2. The lowest BCUT2D eigenvalue weighted by Crippen LogP contribution is -2.51. The number of nitrogens with one attached hydrogen (secondary N) is 2. The van der Waals surface area contributed by atoms with Gasteiger partial charge in [0.15, 0.2) is 0 Å². The number of hydrogen-bond acceptors (Lipinski definition) is 7. The minimum absolute atomic E-state index is 0.0727. The Hall–Kier alpha value is -2.44. The van der Waals surface area contributed by atoms with Crippen LogP contribution in [0.1, 0.15) is 49.2 Å². The van der Waals surface area contributed by atoms with Gasteiger partial charge in [0.25, 0.3) is 5.91 Å². The average molecular weight is 556 g/mol. The molecular weight excluding hydrogens is 515 g/mol. The van der Waals surface area contributed by atoms with Gasteiger partial charge in [-0.05, 0) is 37.3 Å².